The molecule has 0 atom stereocenters. The number of carbonyl (C=O) groups is 1. The van der Waals surface area contributed by atoms with E-state index in [0.717, 1.165) is 17.1 Å². The van der Waals surface area contributed by atoms with E-state index in [1.807, 2.05) is 0 Å². The molecule has 6 nitrogen and oxygen atoms in total. The van der Waals surface area contributed by atoms with Crippen molar-refractivity contribution in [3.63, 3.8) is 0 Å². The van der Waals surface area contributed by atoms with Crippen LogP contribution in [0.1, 0.15) is 5.56 Å². The van der Waals surface area contributed by atoms with Gasteiger partial charge in [0.2, 0.25) is 10.0 Å². The van der Waals surface area contributed by atoms with Crippen LogP contribution < -0.4 is 4.72 Å². The van der Waals surface area contributed by atoms with E-state index in [1.165, 1.54) is 6.20 Å². The Bertz CT molecular complexity index is 530. The Morgan fingerprint density at radius 1 is 1.59 bits per heavy atom. The quantitative estimate of drug-likeness (QED) is 0.838. The number of sulfonamides is 1. The summed E-state index contributed by atoms with van der Waals surface area (Å²) in [5, 5.41) is 0. The van der Waals surface area contributed by atoms with Crippen molar-refractivity contribution in [3.05, 3.63) is 22.3 Å². The molecule has 0 saturated carbocycles. The van der Waals surface area contributed by atoms with Crippen molar-refractivity contribution in [1.82, 2.24) is 4.98 Å². The highest BCUT2D eigenvalue weighted by atomic mass is 79.9. The average Bonchev–Trinajstić information content (AvgIpc) is 2.22. The number of rotatable bonds is 4. The number of esters is 1. The molecular formula is C9H11BrN2O4S. The van der Waals surface area contributed by atoms with Crippen molar-refractivity contribution in [1.29, 1.82) is 0 Å². The van der Waals surface area contributed by atoms with Gasteiger partial charge in [-0.25, -0.2) is 13.4 Å². The summed E-state index contributed by atoms with van der Waals surface area (Å²) in [7, 11) is -2.65. The highest BCUT2D eigenvalue weighted by Crippen LogP contribution is 2.17. The standard InChI is InChI=1S/C9H11BrN2O4S/c1-6-3-8(11-4-7(6)10)12-17(14,15)5-9(13)16-2/h3-4H,5H2,1-2H3,(H,11,12). The van der Waals surface area contributed by atoms with Gasteiger partial charge in [-0.3, -0.25) is 9.52 Å². The van der Waals surface area contributed by atoms with E-state index in [0.29, 0.717) is 0 Å². The summed E-state index contributed by atoms with van der Waals surface area (Å²) in [6.45, 7) is 1.80. The molecule has 0 bridgehead atoms. The van der Waals surface area contributed by atoms with E-state index in [9.17, 15) is 13.2 Å². The molecule has 0 saturated heterocycles. The lowest BCUT2D eigenvalue weighted by molar-refractivity contribution is -0.137. The number of nitrogens with zero attached hydrogens (tertiary/aromatic N) is 1. The van der Waals surface area contributed by atoms with Gasteiger partial charge in [0.1, 0.15) is 5.82 Å². The fraction of sp³-hybridized carbons (Fsp3) is 0.333. The minimum Gasteiger partial charge on any atom is -0.468 e. The van der Waals surface area contributed by atoms with Gasteiger partial charge in [0.25, 0.3) is 0 Å². The Hall–Kier alpha value is -1.15. The number of anilines is 1. The number of pyridine rings is 1. The van der Waals surface area contributed by atoms with Gasteiger partial charge < -0.3 is 4.74 Å². The summed E-state index contributed by atoms with van der Waals surface area (Å²) in [6.07, 6.45) is 1.48. The normalized spacial score (nSPS) is 11.0. The molecule has 0 fully saturated rings. The highest BCUT2D eigenvalue weighted by Gasteiger charge is 2.17. The maximum Gasteiger partial charge on any atom is 0.322 e. The van der Waals surface area contributed by atoms with Crippen LogP contribution in [0.3, 0.4) is 0 Å². The van der Waals surface area contributed by atoms with Crippen molar-refractivity contribution in [2.45, 2.75) is 6.92 Å². The lowest BCUT2D eigenvalue weighted by Crippen LogP contribution is -2.24. The number of hydrogen-bond donors (Lipinski definition) is 1. The smallest absolute Gasteiger partial charge is 0.322 e. The molecule has 1 N–H and O–H groups in total. The van der Waals surface area contributed by atoms with Crippen molar-refractivity contribution in [2.24, 2.45) is 0 Å². The maximum absolute atomic E-state index is 11.5. The van der Waals surface area contributed by atoms with E-state index in [-0.39, 0.29) is 5.82 Å². The van der Waals surface area contributed by atoms with Gasteiger partial charge in [0.15, 0.2) is 5.75 Å². The third-order valence-corrected chi connectivity index (χ3v) is 3.81. The minimum absolute atomic E-state index is 0.162. The largest absolute Gasteiger partial charge is 0.468 e. The lowest BCUT2D eigenvalue weighted by atomic mass is 10.3. The second kappa shape index (κ2) is 5.46. The zero-order valence-corrected chi connectivity index (χ0v) is 11.6. The predicted molar refractivity (Wildman–Crippen MR) is 66.1 cm³/mol. The SMILES string of the molecule is COC(=O)CS(=O)(=O)Nc1cc(C)c(Br)cn1. The Balaban J connectivity index is 2.83. The second-order valence-electron chi connectivity index (χ2n) is 3.26. The molecular weight excluding hydrogens is 312 g/mol. The first-order valence-electron chi connectivity index (χ1n) is 4.53. The molecule has 0 aliphatic carbocycles. The van der Waals surface area contributed by atoms with Crippen LogP contribution in [0.5, 0.6) is 0 Å². The highest BCUT2D eigenvalue weighted by molar-refractivity contribution is 9.10. The Morgan fingerprint density at radius 2 is 2.24 bits per heavy atom. The molecule has 1 aromatic heterocycles. The second-order valence-corrected chi connectivity index (χ2v) is 5.83. The first kappa shape index (κ1) is 13.9. The van der Waals surface area contributed by atoms with Gasteiger partial charge in [-0.1, -0.05) is 0 Å². The number of nitrogens with one attached hydrogen (secondary N) is 1. The molecule has 1 rings (SSSR count). The van der Waals surface area contributed by atoms with E-state index in [2.05, 4.69) is 30.4 Å². The third kappa shape index (κ3) is 4.31. The minimum atomic E-state index is -3.78. The molecule has 0 aliphatic rings. The van der Waals surface area contributed by atoms with Gasteiger partial charge >= 0.3 is 5.97 Å². The summed E-state index contributed by atoms with van der Waals surface area (Å²) < 4.78 is 30.2. The van der Waals surface area contributed by atoms with Crippen LogP contribution in [0, 0.1) is 6.92 Å². The zero-order valence-electron chi connectivity index (χ0n) is 9.23. The van der Waals surface area contributed by atoms with Crippen LogP contribution in [-0.4, -0.2) is 32.2 Å². The van der Waals surface area contributed by atoms with Crippen molar-refractivity contribution in [2.75, 3.05) is 17.6 Å². The summed E-state index contributed by atoms with van der Waals surface area (Å²) in [6, 6.07) is 1.55. The number of aromatic nitrogens is 1. The number of hydrogen-bond acceptors (Lipinski definition) is 5. The molecule has 0 aromatic carbocycles. The van der Waals surface area contributed by atoms with Crippen LogP contribution >= 0.6 is 15.9 Å². The van der Waals surface area contributed by atoms with Crippen LogP contribution in [0.2, 0.25) is 0 Å². The number of ether oxygens (including phenoxy) is 1. The lowest BCUT2D eigenvalue weighted by Gasteiger charge is -2.07. The molecule has 94 valence electrons. The van der Waals surface area contributed by atoms with Gasteiger partial charge in [-0.05, 0) is 34.5 Å². The summed E-state index contributed by atoms with van der Waals surface area (Å²) in [5.74, 6) is -1.40. The monoisotopic (exact) mass is 322 g/mol. The first-order chi connectivity index (χ1) is 7.84. The van der Waals surface area contributed by atoms with Crippen molar-refractivity contribution < 1.29 is 17.9 Å². The van der Waals surface area contributed by atoms with Crippen LogP contribution in [0.15, 0.2) is 16.7 Å². The number of aryl methyl sites for hydroxylation is 1. The van der Waals surface area contributed by atoms with Crippen LogP contribution in [-0.2, 0) is 19.6 Å². The fourth-order valence-electron chi connectivity index (χ4n) is 1.00. The van der Waals surface area contributed by atoms with E-state index in [1.54, 1.807) is 13.0 Å². The summed E-state index contributed by atoms with van der Waals surface area (Å²) in [4.78, 5) is 14.7. The Kier molecular flexibility index (Phi) is 4.47. The van der Waals surface area contributed by atoms with Gasteiger partial charge in [0, 0.05) is 10.7 Å². The fourth-order valence-corrected chi connectivity index (χ4v) is 2.15. The molecule has 0 aliphatic heterocycles. The molecule has 0 unspecified atom stereocenters. The van der Waals surface area contributed by atoms with Crippen molar-refractivity contribution >= 4 is 37.7 Å². The summed E-state index contributed by atoms with van der Waals surface area (Å²) >= 11 is 3.25. The van der Waals surface area contributed by atoms with E-state index < -0.39 is 21.7 Å². The average molecular weight is 323 g/mol. The number of carbonyl (C=O) groups excluding carboxylic acids is 1. The summed E-state index contributed by atoms with van der Waals surface area (Å²) in [5.41, 5.74) is 0.829. The van der Waals surface area contributed by atoms with E-state index >= 15 is 0 Å². The third-order valence-electron chi connectivity index (χ3n) is 1.84. The molecule has 0 spiro atoms. The molecule has 0 amide bonds. The molecule has 17 heavy (non-hydrogen) atoms. The molecule has 1 heterocycles. The topological polar surface area (TPSA) is 85.4 Å². The van der Waals surface area contributed by atoms with E-state index in [4.69, 9.17) is 0 Å². The number of halogens is 1. The Morgan fingerprint density at radius 3 is 2.76 bits per heavy atom. The van der Waals surface area contributed by atoms with Gasteiger partial charge in [-0.2, -0.15) is 0 Å². The molecule has 1 aromatic rings. The van der Waals surface area contributed by atoms with Crippen molar-refractivity contribution in [3.8, 4) is 0 Å². The van der Waals surface area contributed by atoms with Gasteiger partial charge in [-0.15, -0.1) is 0 Å². The molecule has 0 radical (unpaired) electrons. The first-order valence-corrected chi connectivity index (χ1v) is 6.98. The van der Waals surface area contributed by atoms with Crippen LogP contribution in [0.25, 0.3) is 0 Å². The number of methoxy groups -OCH3 is 1. The molecule has 8 heteroatoms. The van der Waals surface area contributed by atoms with Crippen LogP contribution in [0.4, 0.5) is 5.82 Å². The Labute approximate surface area is 108 Å². The zero-order chi connectivity index (χ0) is 13.1. The predicted octanol–water partition coefficient (Wildman–Crippen LogP) is 1.07. The van der Waals surface area contributed by atoms with Gasteiger partial charge in [0.05, 0.1) is 7.11 Å². The maximum atomic E-state index is 11.5.